The van der Waals surface area contributed by atoms with E-state index in [1.165, 1.54) is 4.57 Å². The molecule has 0 unspecified atom stereocenters. The van der Waals surface area contributed by atoms with E-state index in [-0.39, 0.29) is 22.1 Å². The Bertz CT molecular complexity index is 1120. The Hall–Kier alpha value is -2.41. The third-order valence-corrected chi connectivity index (χ3v) is 7.76. The van der Waals surface area contributed by atoms with Crippen LogP contribution < -0.4 is 16.0 Å². The first kappa shape index (κ1) is 20.5. The Morgan fingerprint density at radius 2 is 1.90 bits per heavy atom. The molecule has 1 aliphatic heterocycles. The van der Waals surface area contributed by atoms with Crippen molar-refractivity contribution in [3.8, 4) is 5.88 Å². The maximum atomic E-state index is 12.8. The minimum atomic E-state index is -0.354. The van der Waals surface area contributed by atoms with Crippen molar-refractivity contribution in [3.05, 3.63) is 49.8 Å². The third-order valence-electron chi connectivity index (χ3n) is 7.54. The monoisotopic (exact) mass is 442 g/mol. The molecule has 3 saturated carbocycles. The van der Waals surface area contributed by atoms with E-state index in [2.05, 4.69) is 9.97 Å². The number of aliphatic imine (C=N–C) groups is 1. The number of hydrogen-bond donors (Lipinski definition) is 1. The Labute approximate surface area is 185 Å². The molecular weight excluding hydrogens is 416 g/mol. The van der Waals surface area contributed by atoms with Crippen molar-refractivity contribution in [2.45, 2.75) is 64.8 Å². The average molecular weight is 443 g/mol. The fraction of sp³-hybridized carbons (Fsp3) is 0.565. The van der Waals surface area contributed by atoms with Gasteiger partial charge in [-0.05, 0) is 51.0 Å². The number of nitrogens with one attached hydrogen (secondary N) is 1. The van der Waals surface area contributed by atoms with Crippen LogP contribution in [0.25, 0.3) is 0 Å². The van der Waals surface area contributed by atoms with Gasteiger partial charge >= 0.3 is 5.69 Å². The van der Waals surface area contributed by atoms with Crippen LogP contribution >= 0.6 is 11.6 Å². The van der Waals surface area contributed by atoms with Gasteiger partial charge in [-0.15, -0.1) is 0 Å². The first-order valence-corrected chi connectivity index (χ1v) is 11.5. The van der Waals surface area contributed by atoms with Crippen LogP contribution in [-0.2, 0) is 13.0 Å². The van der Waals surface area contributed by atoms with Gasteiger partial charge in [0.2, 0.25) is 5.88 Å². The molecule has 0 amide bonds. The number of aromatic amines is 1. The molecule has 3 heterocycles. The topological polar surface area (TPSA) is 89.3 Å². The fourth-order valence-corrected chi connectivity index (χ4v) is 5.63. The summed E-state index contributed by atoms with van der Waals surface area (Å²) in [5, 5.41) is 0.603. The zero-order valence-electron chi connectivity index (χ0n) is 17.7. The Morgan fingerprint density at radius 3 is 2.55 bits per heavy atom. The molecule has 6 rings (SSSR count). The highest BCUT2D eigenvalue weighted by molar-refractivity contribution is 6.30. The number of hydrogen-bond acceptors (Lipinski definition) is 5. The molecule has 31 heavy (non-hydrogen) atoms. The van der Waals surface area contributed by atoms with Crippen molar-refractivity contribution in [3.63, 3.8) is 0 Å². The van der Waals surface area contributed by atoms with Gasteiger partial charge in [-0.25, -0.2) is 14.8 Å². The molecule has 4 aliphatic rings. The first-order chi connectivity index (χ1) is 14.9. The molecule has 0 aromatic carbocycles. The maximum Gasteiger partial charge on any atom is 0.329 e. The predicted molar refractivity (Wildman–Crippen MR) is 120 cm³/mol. The molecule has 0 spiro atoms. The molecule has 8 heteroatoms. The molecule has 3 fully saturated rings. The highest BCUT2D eigenvalue weighted by Crippen LogP contribution is 2.58. The van der Waals surface area contributed by atoms with E-state index in [0.29, 0.717) is 41.9 Å². The summed E-state index contributed by atoms with van der Waals surface area (Å²) < 4.78 is 7.32. The standard InChI is InChI=1S/C23H27ClN4O3/c1-2-11-28-20(29)16-12-17(26-19(16)27-21(28)30)23-8-5-22(6-9-23,7-10-23)14-31-18-4-3-15(24)13-25-18/h3-4,13H,2,5-12,14H2,1H3,(H,27,30). The second kappa shape index (κ2) is 7.62. The van der Waals surface area contributed by atoms with Gasteiger partial charge in [-0.2, -0.15) is 0 Å². The summed E-state index contributed by atoms with van der Waals surface area (Å²) in [5.74, 6) is 1.09. The molecule has 2 aromatic rings. The van der Waals surface area contributed by atoms with Crippen LogP contribution in [0.4, 0.5) is 5.82 Å². The molecule has 3 aliphatic carbocycles. The maximum absolute atomic E-state index is 12.8. The van der Waals surface area contributed by atoms with Crippen LogP contribution in [0.5, 0.6) is 5.88 Å². The van der Waals surface area contributed by atoms with Crippen LogP contribution in [0.1, 0.15) is 57.4 Å². The summed E-state index contributed by atoms with van der Waals surface area (Å²) >= 11 is 5.91. The number of rotatable bonds is 6. The van der Waals surface area contributed by atoms with Crippen molar-refractivity contribution >= 4 is 23.1 Å². The molecule has 0 atom stereocenters. The van der Waals surface area contributed by atoms with Crippen LogP contribution in [0.15, 0.2) is 32.9 Å². The molecule has 2 aromatic heterocycles. The van der Waals surface area contributed by atoms with Crippen LogP contribution in [0.3, 0.4) is 0 Å². The van der Waals surface area contributed by atoms with Gasteiger partial charge in [0.05, 0.1) is 17.2 Å². The number of ether oxygens (including phenoxy) is 1. The molecular formula is C23H27ClN4O3. The molecule has 0 saturated heterocycles. The molecule has 0 radical (unpaired) electrons. The number of aromatic nitrogens is 3. The summed E-state index contributed by atoms with van der Waals surface area (Å²) in [4.78, 5) is 37.0. The zero-order chi connectivity index (χ0) is 21.6. The van der Waals surface area contributed by atoms with Gasteiger partial charge in [-0.3, -0.25) is 14.3 Å². The Kier molecular flexibility index (Phi) is 5.04. The second-order valence-electron chi connectivity index (χ2n) is 9.33. The van der Waals surface area contributed by atoms with Crippen molar-refractivity contribution in [1.29, 1.82) is 0 Å². The SMILES string of the molecule is CCCn1c(=O)[nH]c2c(c1=O)CC(C13CCC(COc4ccc(Cl)cn4)(CC1)CC3)=N2. The predicted octanol–water partition coefficient (Wildman–Crippen LogP) is 4.04. The lowest BCUT2D eigenvalue weighted by atomic mass is 9.52. The van der Waals surface area contributed by atoms with Crippen LogP contribution in [0.2, 0.25) is 5.02 Å². The number of halogens is 1. The quantitative estimate of drug-likeness (QED) is 0.730. The van der Waals surface area contributed by atoms with Crippen molar-refractivity contribution in [1.82, 2.24) is 14.5 Å². The van der Waals surface area contributed by atoms with Crippen LogP contribution in [-0.4, -0.2) is 26.9 Å². The van der Waals surface area contributed by atoms with E-state index in [1.54, 1.807) is 12.3 Å². The summed E-state index contributed by atoms with van der Waals surface area (Å²) in [6, 6.07) is 3.61. The van der Waals surface area contributed by atoms with E-state index in [1.807, 2.05) is 13.0 Å². The van der Waals surface area contributed by atoms with Gasteiger partial charge in [0.15, 0.2) is 0 Å². The number of pyridine rings is 1. The normalized spacial score (nSPS) is 26.6. The molecule has 7 nitrogen and oxygen atoms in total. The minimum Gasteiger partial charge on any atom is -0.477 e. The lowest BCUT2D eigenvalue weighted by Gasteiger charge is -2.53. The number of H-pyrrole nitrogens is 1. The minimum absolute atomic E-state index is 0.0399. The van der Waals surface area contributed by atoms with E-state index in [9.17, 15) is 9.59 Å². The lowest BCUT2D eigenvalue weighted by Crippen LogP contribution is -2.48. The van der Waals surface area contributed by atoms with Gasteiger partial charge in [0, 0.05) is 41.8 Å². The summed E-state index contributed by atoms with van der Waals surface area (Å²) in [6.45, 7) is 3.06. The highest BCUT2D eigenvalue weighted by Gasteiger charge is 2.52. The van der Waals surface area contributed by atoms with E-state index in [4.69, 9.17) is 21.3 Å². The number of fused-ring (bicyclic) bond motifs is 4. The summed E-state index contributed by atoms with van der Waals surface area (Å²) in [5.41, 5.74) is 1.41. The lowest BCUT2D eigenvalue weighted by molar-refractivity contribution is -0.00545. The second-order valence-corrected chi connectivity index (χ2v) is 9.77. The zero-order valence-corrected chi connectivity index (χ0v) is 18.5. The van der Waals surface area contributed by atoms with Gasteiger partial charge in [0.1, 0.15) is 5.82 Å². The van der Waals surface area contributed by atoms with Crippen molar-refractivity contribution in [2.75, 3.05) is 6.61 Å². The highest BCUT2D eigenvalue weighted by atomic mass is 35.5. The average Bonchev–Trinajstić information content (AvgIpc) is 3.23. The van der Waals surface area contributed by atoms with Crippen molar-refractivity contribution in [2.24, 2.45) is 15.8 Å². The largest absolute Gasteiger partial charge is 0.477 e. The summed E-state index contributed by atoms with van der Waals surface area (Å²) in [7, 11) is 0. The fourth-order valence-electron chi connectivity index (χ4n) is 5.52. The van der Waals surface area contributed by atoms with E-state index >= 15 is 0 Å². The summed E-state index contributed by atoms with van der Waals surface area (Å²) in [6.07, 6.45) is 9.28. The van der Waals surface area contributed by atoms with Crippen molar-refractivity contribution < 1.29 is 4.74 Å². The Morgan fingerprint density at radius 1 is 1.16 bits per heavy atom. The first-order valence-electron chi connectivity index (χ1n) is 11.1. The molecule has 164 valence electrons. The van der Waals surface area contributed by atoms with Gasteiger partial charge in [0.25, 0.3) is 5.56 Å². The van der Waals surface area contributed by atoms with Gasteiger partial charge < -0.3 is 4.74 Å². The number of nitrogens with zero attached hydrogens (tertiary/aromatic N) is 3. The molecule has 2 bridgehead atoms. The van der Waals surface area contributed by atoms with Gasteiger partial charge in [-0.1, -0.05) is 18.5 Å². The smallest absolute Gasteiger partial charge is 0.329 e. The van der Waals surface area contributed by atoms with E-state index < -0.39 is 0 Å². The van der Waals surface area contributed by atoms with Crippen LogP contribution in [0, 0.1) is 10.8 Å². The molecule has 1 N–H and O–H groups in total. The van der Waals surface area contributed by atoms with E-state index in [0.717, 1.165) is 50.7 Å². The third kappa shape index (κ3) is 3.53. The Balaban J connectivity index is 1.30.